The number of hydrogen-bond donors (Lipinski definition) is 0. The van der Waals surface area contributed by atoms with Gasteiger partial charge < -0.3 is 0 Å². The topological polar surface area (TPSA) is 68.9 Å². The average Bonchev–Trinajstić information content (AvgIpc) is 2.46. The van der Waals surface area contributed by atoms with Crippen LogP contribution < -0.4 is 0 Å². The minimum atomic E-state index is -0.471. The first-order chi connectivity index (χ1) is 9.65. The van der Waals surface area contributed by atoms with Crippen molar-refractivity contribution in [2.45, 2.75) is 0 Å². The number of nitrogens with zero attached hydrogens (tertiary/aromatic N) is 3. The second kappa shape index (κ2) is 4.86. The van der Waals surface area contributed by atoms with Gasteiger partial charge in [-0.25, -0.2) is 4.98 Å². The Morgan fingerprint density at radius 3 is 2.80 bits per heavy atom. The summed E-state index contributed by atoms with van der Waals surface area (Å²) in [7, 11) is 0. The molecule has 20 heavy (non-hydrogen) atoms. The van der Waals surface area contributed by atoms with E-state index >= 15 is 0 Å². The normalized spacial score (nSPS) is 10.7. The van der Waals surface area contributed by atoms with Gasteiger partial charge in [0.1, 0.15) is 10.8 Å². The Kier molecular flexibility index (Phi) is 3.04. The third-order valence-electron chi connectivity index (χ3n) is 2.92. The van der Waals surface area contributed by atoms with Crippen LogP contribution in [-0.4, -0.2) is 14.9 Å². The maximum atomic E-state index is 11.1. The van der Waals surface area contributed by atoms with Crippen LogP contribution in [0.15, 0.2) is 48.7 Å². The molecule has 0 radical (unpaired) electrons. The largest absolute Gasteiger partial charge is 0.295 e. The summed E-state index contributed by atoms with van der Waals surface area (Å²) < 4.78 is 0. The van der Waals surface area contributed by atoms with Gasteiger partial charge in [0.15, 0.2) is 0 Å². The molecular weight excluding hydrogens is 278 g/mol. The molecule has 98 valence electrons. The van der Waals surface area contributed by atoms with E-state index in [0.717, 1.165) is 10.9 Å². The number of halogens is 1. The van der Waals surface area contributed by atoms with E-state index in [2.05, 4.69) is 9.97 Å². The fraction of sp³-hybridized carbons (Fsp3) is 0. The first kappa shape index (κ1) is 12.5. The molecule has 0 amide bonds. The van der Waals surface area contributed by atoms with Gasteiger partial charge in [-0.1, -0.05) is 29.8 Å². The van der Waals surface area contributed by atoms with Crippen molar-refractivity contribution in [3.63, 3.8) is 0 Å². The molecule has 3 rings (SSSR count). The summed E-state index contributed by atoms with van der Waals surface area (Å²) in [6.45, 7) is 0. The average molecular weight is 286 g/mol. The molecular formula is C14H8ClN3O2. The number of hydrogen-bond acceptors (Lipinski definition) is 4. The molecule has 0 saturated carbocycles. The molecule has 0 unspecified atom stereocenters. The van der Waals surface area contributed by atoms with Crippen molar-refractivity contribution in [1.29, 1.82) is 0 Å². The summed E-state index contributed by atoms with van der Waals surface area (Å²) in [5.74, 6) is 0. The summed E-state index contributed by atoms with van der Waals surface area (Å²) in [6, 6.07) is 11.9. The number of fused-ring (bicyclic) bond motifs is 1. The lowest BCUT2D eigenvalue weighted by molar-refractivity contribution is -0.384. The minimum absolute atomic E-state index is 0.0790. The van der Waals surface area contributed by atoms with E-state index in [1.807, 2.05) is 18.2 Å². The van der Waals surface area contributed by atoms with Crippen LogP contribution in [0.2, 0.25) is 5.15 Å². The van der Waals surface area contributed by atoms with Gasteiger partial charge in [0, 0.05) is 23.2 Å². The SMILES string of the molecule is O=[N+]([O-])c1ccc(Cl)nc1-c1ccc2cccnc2c1. The molecule has 0 bridgehead atoms. The molecule has 2 heterocycles. The molecule has 6 heteroatoms. The lowest BCUT2D eigenvalue weighted by Crippen LogP contribution is -1.95. The van der Waals surface area contributed by atoms with E-state index in [1.165, 1.54) is 12.1 Å². The summed E-state index contributed by atoms with van der Waals surface area (Å²) in [6.07, 6.45) is 1.67. The lowest BCUT2D eigenvalue weighted by Gasteiger charge is -2.04. The fourth-order valence-corrected chi connectivity index (χ4v) is 2.15. The standard InChI is InChI=1S/C14H8ClN3O2/c15-13-6-5-12(18(19)20)14(17-13)10-4-3-9-2-1-7-16-11(9)8-10/h1-8H. The number of pyridine rings is 2. The monoisotopic (exact) mass is 285 g/mol. The van der Waals surface area contributed by atoms with Gasteiger partial charge >= 0.3 is 0 Å². The molecule has 0 aliphatic carbocycles. The van der Waals surface area contributed by atoms with Crippen molar-refractivity contribution in [2.75, 3.05) is 0 Å². The second-order valence-electron chi connectivity index (χ2n) is 4.17. The van der Waals surface area contributed by atoms with Gasteiger partial charge in [0.2, 0.25) is 0 Å². The van der Waals surface area contributed by atoms with Gasteiger partial charge in [-0.15, -0.1) is 0 Å². The highest BCUT2D eigenvalue weighted by Crippen LogP contribution is 2.30. The van der Waals surface area contributed by atoms with Crippen LogP contribution in [-0.2, 0) is 0 Å². The van der Waals surface area contributed by atoms with E-state index in [-0.39, 0.29) is 16.5 Å². The van der Waals surface area contributed by atoms with E-state index in [0.29, 0.717) is 5.56 Å². The van der Waals surface area contributed by atoms with E-state index < -0.39 is 4.92 Å². The van der Waals surface area contributed by atoms with Crippen LogP contribution >= 0.6 is 11.6 Å². The zero-order valence-electron chi connectivity index (χ0n) is 10.2. The maximum Gasteiger partial charge on any atom is 0.295 e. The van der Waals surface area contributed by atoms with Crippen molar-refractivity contribution in [3.05, 3.63) is 63.9 Å². The van der Waals surface area contributed by atoms with Gasteiger partial charge in [-0.05, 0) is 18.2 Å². The first-order valence-corrected chi connectivity index (χ1v) is 6.19. The van der Waals surface area contributed by atoms with Crippen LogP contribution in [0.5, 0.6) is 0 Å². The fourth-order valence-electron chi connectivity index (χ4n) is 2.00. The number of benzene rings is 1. The van der Waals surface area contributed by atoms with E-state index in [1.54, 1.807) is 18.3 Å². The predicted molar refractivity (Wildman–Crippen MR) is 76.6 cm³/mol. The van der Waals surface area contributed by atoms with Gasteiger partial charge in [0.05, 0.1) is 10.4 Å². The zero-order valence-corrected chi connectivity index (χ0v) is 10.9. The highest BCUT2D eigenvalue weighted by molar-refractivity contribution is 6.29. The van der Waals surface area contributed by atoms with Crippen LogP contribution in [0.4, 0.5) is 5.69 Å². The minimum Gasteiger partial charge on any atom is -0.258 e. The summed E-state index contributed by atoms with van der Waals surface area (Å²) in [5.41, 5.74) is 1.53. The molecule has 1 aromatic carbocycles. The third-order valence-corrected chi connectivity index (χ3v) is 3.13. The first-order valence-electron chi connectivity index (χ1n) is 5.81. The number of rotatable bonds is 2. The Morgan fingerprint density at radius 2 is 2.00 bits per heavy atom. The molecule has 0 fully saturated rings. The molecule has 0 aliphatic rings. The summed E-state index contributed by atoms with van der Waals surface area (Å²) in [5, 5.41) is 12.3. The summed E-state index contributed by atoms with van der Waals surface area (Å²) in [4.78, 5) is 18.9. The van der Waals surface area contributed by atoms with E-state index in [9.17, 15) is 10.1 Å². The van der Waals surface area contributed by atoms with Crippen LogP contribution in [0, 0.1) is 10.1 Å². The van der Waals surface area contributed by atoms with Gasteiger partial charge in [-0.2, -0.15) is 0 Å². The van der Waals surface area contributed by atoms with Crippen LogP contribution in [0.25, 0.3) is 22.2 Å². The third kappa shape index (κ3) is 2.19. The molecule has 5 nitrogen and oxygen atoms in total. The Bertz CT molecular complexity index is 820. The second-order valence-corrected chi connectivity index (χ2v) is 4.56. The molecule has 0 aliphatic heterocycles. The van der Waals surface area contributed by atoms with E-state index in [4.69, 9.17) is 11.6 Å². The zero-order chi connectivity index (χ0) is 14.1. The lowest BCUT2D eigenvalue weighted by atomic mass is 10.1. The van der Waals surface area contributed by atoms with Crippen molar-refractivity contribution in [1.82, 2.24) is 9.97 Å². The predicted octanol–water partition coefficient (Wildman–Crippen LogP) is 3.86. The van der Waals surface area contributed by atoms with Crippen molar-refractivity contribution >= 4 is 28.2 Å². The molecule has 3 aromatic rings. The quantitative estimate of drug-likeness (QED) is 0.407. The van der Waals surface area contributed by atoms with Crippen molar-refractivity contribution < 1.29 is 4.92 Å². The Morgan fingerprint density at radius 1 is 1.15 bits per heavy atom. The smallest absolute Gasteiger partial charge is 0.258 e. The Labute approximate surface area is 119 Å². The van der Waals surface area contributed by atoms with Crippen molar-refractivity contribution in [2.24, 2.45) is 0 Å². The molecule has 0 atom stereocenters. The molecule has 0 N–H and O–H groups in total. The van der Waals surface area contributed by atoms with Crippen LogP contribution in [0.3, 0.4) is 0 Å². The Balaban J connectivity index is 2.24. The summed E-state index contributed by atoms with van der Waals surface area (Å²) >= 11 is 5.84. The van der Waals surface area contributed by atoms with Gasteiger partial charge in [-0.3, -0.25) is 15.1 Å². The molecule has 0 saturated heterocycles. The molecule has 2 aromatic heterocycles. The highest BCUT2D eigenvalue weighted by Gasteiger charge is 2.17. The van der Waals surface area contributed by atoms with Crippen molar-refractivity contribution in [3.8, 4) is 11.3 Å². The number of nitro groups is 1. The van der Waals surface area contributed by atoms with Crippen LogP contribution in [0.1, 0.15) is 0 Å². The highest BCUT2D eigenvalue weighted by atomic mass is 35.5. The number of aromatic nitrogens is 2. The van der Waals surface area contributed by atoms with Gasteiger partial charge in [0.25, 0.3) is 5.69 Å². The molecule has 0 spiro atoms. The maximum absolute atomic E-state index is 11.1. The Hall–Kier alpha value is -2.53.